The molecule has 7 heteroatoms. The molecule has 0 saturated carbocycles. The van der Waals surface area contributed by atoms with E-state index in [1.807, 2.05) is 18.3 Å². The lowest BCUT2D eigenvalue weighted by Gasteiger charge is -2.38. The Balaban J connectivity index is 1.78. The Morgan fingerprint density at radius 3 is 2.89 bits per heavy atom. The first kappa shape index (κ1) is 11.6. The summed E-state index contributed by atoms with van der Waals surface area (Å²) in [5.74, 6) is 0.432. The standard InChI is InChI=1S/C11H14N4O2S/c1-2-18(16,17)14-5-10(6-14)9-3-4-11-12-8-13-15(11)7-9/h3-4,7-8,10H,2,5-6H2,1H3. The van der Waals surface area contributed by atoms with Crippen molar-refractivity contribution in [2.75, 3.05) is 18.8 Å². The van der Waals surface area contributed by atoms with E-state index in [0.29, 0.717) is 13.1 Å². The summed E-state index contributed by atoms with van der Waals surface area (Å²) >= 11 is 0. The van der Waals surface area contributed by atoms with Crippen LogP contribution in [0.15, 0.2) is 24.7 Å². The van der Waals surface area contributed by atoms with Crippen molar-refractivity contribution < 1.29 is 8.42 Å². The van der Waals surface area contributed by atoms with E-state index < -0.39 is 10.0 Å². The predicted molar refractivity (Wildman–Crippen MR) is 66.8 cm³/mol. The van der Waals surface area contributed by atoms with Gasteiger partial charge in [-0.05, 0) is 18.6 Å². The summed E-state index contributed by atoms with van der Waals surface area (Å²) < 4.78 is 26.5. The van der Waals surface area contributed by atoms with Crippen molar-refractivity contribution >= 4 is 15.7 Å². The largest absolute Gasteiger partial charge is 0.221 e. The quantitative estimate of drug-likeness (QED) is 0.810. The zero-order chi connectivity index (χ0) is 12.8. The number of hydrogen-bond acceptors (Lipinski definition) is 4. The maximum Gasteiger partial charge on any atom is 0.213 e. The van der Waals surface area contributed by atoms with Gasteiger partial charge in [-0.25, -0.2) is 22.2 Å². The Morgan fingerprint density at radius 1 is 1.39 bits per heavy atom. The van der Waals surface area contributed by atoms with Crippen LogP contribution in [0.25, 0.3) is 5.65 Å². The SMILES string of the molecule is CCS(=O)(=O)N1CC(c2ccc3ncnn3c2)C1. The molecule has 6 nitrogen and oxygen atoms in total. The molecule has 1 fully saturated rings. The van der Waals surface area contributed by atoms with E-state index in [9.17, 15) is 8.42 Å². The molecule has 2 aromatic heterocycles. The number of hydrogen-bond donors (Lipinski definition) is 0. The van der Waals surface area contributed by atoms with Crippen LogP contribution in [0.1, 0.15) is 18.4 Å². The third-order valence-electron chi connectivity index (χ3n) is 3.37. The average Bonchev–Trinajstić information content (AvgIpc) is 2.74. The van der Waals surface area contributed by atoms with Crippen LogP contribution in [0, 0.1) is 0 Å². The van der Waals surface area contributed by atoms with Gasteiger partial charge in [0.25, 0.3) is 0 Å². The van der Waals surface area contributed by atoms with Crippen molar-refractivity contribution in [3.8, 4) is 0 Å². The van der Waals surface area contributed by atoms with Gasteiger partial charge < -0.3 is 0 Å². The summed E-state index contributed by atoms with van der Waals surface area (Å²) in [5, 5.41) is 4.08. The van der Waals surface area contributed by atoms with Gasteiger partial charge >= 0.3 is 0 Å². The van der Waals surface area contributed by atoms with Crippen LogP contribution >= 0.6 is 0 Å². The van der Waals surface area contributed by atoms with Gasteiger partial charge in [0.1, 0.15) is 6.33 Å². The van der Waals surface area contributed by atoms with Gasteiger partial charge in [0.15, 0.2) is 5.65 Å². The minimum absolute atomic E-state index is 0.168. The average molecular weight is 266 g/mol. The Morgan fingerprint density at radius 2 is 2.17 bits per heavy atom. The molecule has 0 N–H and O–H groups in total. The number of sulfonamides is 1. The first-order valence-electron chi connectivity index (χ1n) is 5.87. The van der Waals surface area contributed by atoms with Crippen molar-refractivity contribution in [2.24, 2.45) is 0 Å². The van der Waals surface area contributed by atoms with Crippen molar-refractivity contribution in [2.45, 2.75) is 12.8 Å². The molecule has 0 unspecified atom stereocenters. The number of pyridine rings is 1. The van der Waals surface area contributed by atoms with Crippen LogP contribution in [0.5, 0.6) is 0 Å². The molecule has 1 aliphatic heterocycles. The van der Waals surface area contributed by atoms with Gasteiger partial charge in [0, 0.05) is 25.2 Å². The highest BCUT2D eigenvalue weighted by Gasteiger charge is 2.35. The van der Waals surface area contributed by atoms with Crippen molar-refractivity contribution in [3.63, 3.8) is 0 Å². The zero-order valence-corrected chi connectivity index (χ0v) is 10.8. The minimum atomic E-state index is -3.04. The lowest BCUT2D eigenvalue weighted by atomic mass is 9.95. The molecule has 1 saturated heterocycles. The number of rotatable bonds is 3. The highest BCUT2D eigenvalue weighted by atomic mass is 32.2. The summed E-state index contributed by atoms with van der Waals surface area (Å²) in [4.78, 5) is 4.08. The second kappa shape index (κ2) is 4.03. The highest BCUT2D eigenvalue weighted by molar-refractivity contribution is 7.89. The molecular formula is C11H14N4O2S. The molecule has 3 heterocycles. The molecule has 0 bridgehead atoms. The van der Waals surface area contributed by atoms with E-state index in [-0.39, 0.29) is 11.7 Å². The molecule has 18 heavy (non-hydrogen) atoms. The first-order chi connectivity index (χ1) is 8.60. The van der Waals surface area contributed by atoms with Gasteiger partial charge in [0.2, 0.25) is 10.0 Å². The third kappa shape index (κ3) is 1.79. The Bertz CT molecular complexity index is 673. The Labute approximate surface area is 105 Å². The van der Waals surface area contributed by atoms with Crippen molar-refractivity contribution in [1.82, 2.24) is 18.9 Å². The van der Waals surface area contributed by atoms with Crippen LogP contribution in [-0.2, 0) is 10.0 Å². The van der Waals surface area contributed by atoms with E-state index in [2.05, 4.69) is 10.1 Å². The smallest absolute Gasteiger partial charge is 0.213 e. The van der Waals surface area contributed by atoms with E-state index in [4.69, 9.17) is 0 Å². The molecule has 0 aromatic carbocycles. The molecule has 0 atom stereocenters. The molecule has 0 spiro atoms. The van der Waals surface area contributed by atoms with E-state index >= 15 is 0 Å². The molecule has 0 radical (unpaired) electrons. The summed E-state index contributed by atoms with van der Waals surface area (Å²) in [6.45, 7) is 2.80. The van der Waals surface area contributed by atoms with Crippen LogP contribution in [0.4, 0.5) is 0 Å². The topological polar surface area (TPSA) is 67.6 Å². The maximum absolute atomic E-state index is 11.6. The summed E-state index contributed by atoms with van der Waals surface area (Å²) in [6.07, 6.45) is 3.43. The molecule has 96 valence electrons. The number of fused-ring (bicyclic) bond motifs is 1. The fraction of sp³-hybridized carbons (Fsp3) is 0.455. The number of aromatic nitrogens is 3. The normalized spacial score (nSPS) is 18.1. The monoisotopic (exact) mass is 266 g/mol. The van der Waals surface area contributed by atoms with Gasteiger partial charge in [-0.2, -0.15) is 5.10 Å². The predicted octanol–water partition coefficient (Wildman–Crippen LogP) is 0.478. The third-order valence-corrected chi connectivity index (χ3v) is 5.19. The second-order valence-electron chi connectivity index (χ2n) is 4.44. The van der Waals surface area contributed by atoms with Crippen LogP contribution in [0.3, 0.4) is 0 Å². The Kier molecular flexibility index (Phi) is 2.60. The van der Waals surface area contributed by atoms with Crippen LogP contribution < -0.4 is 0 Å². The van der Waals surface area contributed by atoms with E-state index in [1.165, 1.54) is 10.6 Å². The fourth-order valence-electron chi connectivity index (χ4n) is 2.13. The molecule has 3 rings (SSSR count). The first-order valence-corrected chi connectivity index (χ1v) is 7.48. The molecule has 0 aliphatic carbocycles. The van der Waals surface area contributed by atoms with Crippen molar-refractivity contribution in [3.05, 3.63) is 30.2 Å². The van der Waals surface area contributed by atoms with Gasteiger partial charge in [-0.1, -0.05) is 6.07 Å². The Hall–Kier alpha value is -1.47. The van der Waals surface area contributed by atoms with Crippen LogP contribution in [0.2, 0.25) is 0 Å². The fourth-order valence-corrected chi connectivity index (χ4v) is 3.31. The zero-order valence-electron chi connectivity index (χ0n) is 10.0. The van der Waals surface area contributed by atoms with E-state index in [0.717, 1.165) is 11.2 Å². The molecule has 0 amide bonds. The van der Waals surface area contributed by atoms with Gasteiger partial charge in [-0.15, -0.1) is 0 Å². The van der Waals surface area contributed by atoms with Gasteiger partial charge in [-0.3, -0.25) is 0 Å². The molecule has 2 aromatic rings. The van der Waals surface area contributed by atoms with Crippen LogP contribution in [-0.4, -0.2) is 46.2 Å². The lowest BCUT2D eigenvalue weighted by molar-refractivity contribution is 0.264. The second-order valence-corrected chi connectivity index (χ2v) is 6.70. The maximum atomic E-state index is 11.6. The van der Waals surface area contributed by atoms with E-state index in [1.54, 1.807) is 11.4 Å². The molecule has 1 aliphatic rings. The minimum Gasteiger partial charge on any atom is -0.221 e. The summed E-state index contributed by atoms with van der Waals surface area (Å²) in [7, 11) is -3.04. The highest BCUT2D eigenvalue weighted by Crippen LogP contribution is 2.29. The van der Waals surface area contributed by atoms with Crippen molar-refractivity contribution in [1.29, 1.82) is 0 Å². The lowest BCUT2D eigenvalue weighted by Crippen LogP contribution is -2.48. The number of nitrogens with zero attached hydrogens (tertiary/aromatic N) is 4. The summed E-state index contributed by atoms with van der Waals surface area (Å²) in [6, 6.07) is 3.89. The van der Waals surface area contributed by atoms with Gasteiger partial charge in [0.05, 0.1) is 5.75 Å². The molecular weight excluding hydrogens is 252 g/mol. The summed E-state index contributed by atoms with van der Waals surface area (Å²) in [5.41, 5.74) is 1.91.